The molecule has 0 amide bonds. The number of likely N-dealkylation sites (tertiary alicyclic amines) is 1. The summed E-state index contributed by atoms with van der Waals surface area (Å²) in [7, 11) is 0. The Balaban J connectivity index is 1.68. The molecular weight excluding hydrogens is 480 g/mol. The second kappa shape index (κ2) is 9.90. The smallest absolute Gasteiger partial charge is 0.380 e. The van der Waals surface area contributed by atoms with Crippen LogP contribution in [0.1, 0.15) is 41.2 Å². The van der Waals surface area contributed by atoms with Gasteiger partial charge in [0.25, 0.3) is 0 Å². The van der Waals surface area contributed by atoms with E-state index in [0.717, 1.165) is 36.4 Å². The van der Waals surface area contributed by atoms with E-state index >= 15 is 0 Å². The van der Waals surface area contributed by atoms with Gasteiger partial charge in [-0.1, -0.05) is 61.5 Å². The van der Waals surface area contributed by atoms with E-state index < -0.39 is 35.0 Å². The first-order valence-corrected chi connectivity index (χ1v) is 11.7. The van der Waals surface area contributed by atoms with Gasteiger partial charge in [-0.15, -0.1) is 0 Å². The fourth-order valence-corrected chi connectivity index (χ4v) is 5.26. The summed E-state index contributed by atoms with van der Waals surface area (Å²) in [6.07, 6.45) is -8.56. The van der Waals surface area contributed by atoms with Crippen molar-refractivity contribution >= 4 is 0 Å². The second-order valence-electron chi connectivity index (χ2n) is 9.51. The summed E-state index contributed by atoms with van der Waals surface area (Å²) in [5.74, 6) is -0.505. The van der Waals surface area contributed by atoms with Gasteiger partial charge < -0.3 is 5.11 Å². The number of hydrogen-bond acceptors (Lipinski definition) is 2. The molecule has 1 N–H and O–H groups in total. The molecule has 1 fully saturated rings. The zero-order valence-electron chi connectivity index (χ0n) is 19.7. The largest absolute Gasteiger partial charge is 0.416 e. The molecule has 0 aliphatic carbocycles. The van der Waals surface area contributed by atoms with Gasteiger partial charge in [0.15, 0.2) is 0 Å². The van der Waals surface area contributed by atoms with Crippen molar-refractivity contribution in [2.45, 2.75) is 37.8 Å². The Kier molecular flexibility index (Phi) is 7.21. The number of hydrogen-bond donors (Lipinski definition) is 1. The standard InChI is InChI=1S/C28H27F6NO/c1-19-17-35(18-20-5-3-2-4-6-20)16-15-25(19)26(36,21-7-11-23(12-8-21)27(29,30)31)22-9-13-24(14-10-22)28(32,33)34/h2-14,19,25,36H,15-18H2,1H3/t19-,25-/m1/s1. The van der Waals surface area contributed by atoms with Crippen LogP contribution in [0.4, 0.5) is 26.3 Å². The van der Waals surface area contributed by atoms with Gasteiger partial charge in [-0.05, 0) is 59.8 Å². The summed E-state index contributed by atoms with van der Waals surface area (Å²) in [6.45, 7) is 3.94. The summed E-state index contributed by atoms with van der Waals surface area (Å²) in [4.78, 5) is 2.25. The lowest BCUT2D eigenvalue weighted by molar-refractivity contribution is -0.138. The summed E-state index contributed by atoms with van der Waals surface area (Å²) in [5.41, 5.74) is -1.87. The van der Waals surface area contributed by atoms with E-state index in [-0.39, 0.29) is 17.0 Å². The fourth-order valence-electron chi connectivity index (χ4n) is 5.26. The maximum Gasteiger partial charge on any atom is 0.416 e. The molecule has 0 aromatic heterocycles. The third kappa shape index (κ3) is 5.44. The first-order valence-electron chi connectivity index (χ1n) is 11.7. The summed E-state index contributed by atoms with van der Waals surface area (Å²) >= 11 is 0. The third-order valence-electron chi connectivity index (χ3n) is 7.08. The molecule has 2 nitrogen and oxygen atoms in total. The highest BCUT2D eigenvalue weighted by molar-refractivity contribution is 5.40. The van der Waals surface area contributed by atoms with E-state index in [1.165, 1.54) is 24.3 Å². The van der Waals surface area contributed by atoms with E-state index in [0.29, 0.717) is 19.5 Å². The van der Waals surface area contributed by atoms with E-state index in [4.69, 9.17) is 0 Å². The lowest BCUT2D eigenvalue weighted by atomic mass is 9.68. The van der Waals surface area contributed by atoms with Crippen LogP contribution in [0.2, 0.25) is 0 Å². The zero-order chi connectivity index (χ0) is 26.1. The highest BCUT2D eigenvalue weighted by atomic mass is 19.4. The van der Waals surface area contributed by atoms with Crippen molar-refractivity contribution in [1.82, 2.24) is 4.90 Å². The van der Waals surface area contributed by atoms with Crippen molar-refractivity contribution in [2.24, 2.45) is 11.8 Å². The van der Waals surface area contributed by atoms with E-state index in [1.54, 1.807) is 0 Å². The molecule has 0 radical (unpaired) electrons. The van der Waals surface area contributed by atoms with E-state index in [9.17, 15) is 31.4 Å². The van der Waals surface area contributed by atoms with Crippen molar-refractivity contribution < 1.29 is 31.4 Å². The molecule has 1 heterocycles. The van der Waals surface area contributed by atoms with Crippen LogP contribution >= 0.6 is 0 Å². The lowest BCUT2D eigenvalue weighted by Crippen LogP contribution is -2.48. The van der Waals surface area contributed by atoms with Crippen LogP contribution in [-0.4, -0.2) is 23.1 Å². The van der Waals surface area contributed by atoms with Crippen molar-refractivity contribution in [1.29, 1.82) is 0 Å². The Morgan fingerprint density at radius 1 is 0.722 bits per heavy atom. The number of rotatable bonds is 5. The van der Waals surface area contributed by atoms with Gasteiger partial charge in [-0.2, -0.15) is 26.3 Å². The van der Waals surface area contributed by atoms with Gasteiger partial charge in [0.05, 0.1) is 11.1 Å². The fraction of sp³-hybridized carbons (Fsp3) is 0.357. The third-order valence-corrected chi connectivity index (χ3v) is 7.08. The minimum atomic E-state index is -4.54. The lowest BCUT2D eigenvalue weighted by Gasteiger charge is -2.46. The number of piperidine rings is 1. The molecule has 3 aromatic rings. The van der Waals surface area contributed by atoms with Gasteiger partial charge in [-0.3, -0.25) is 4.90 Å². The molecule has 1 aliphatic rings. The highest BCUT2D eigenvalue weighted by Gasteiger charge is 2.45. The van der Waals surface area contributed by atoms with Crippen LogP contribution in [0.5, 0.6) is 0 Å². The quantitative estimate of drug-likeness (QED) is 0.372. The van der Waals surface area contributed by atoms with Crippen molar-refractivity contribution in [3.63, 3.8) is 0 Å². The second-order valence-corrected chi connectivity index (χ2v) is 9.51. The number of halogens is 6. The molecule has 0 unspecified atom stereocenters. The maximum absolute atomic E-state index is 13.2. The minimum Gasteiger partial charge on any atom is -0.380 e. The van der Waals surface area contributed by atoms with Crippen LogP contribution in [0, 0.1) is 11.8 Å². The Morgan fingerprint density at radius 3 is 1.58 bits per heavy atom. The number of benzene rings is 3. The molecule has 4 rings (SSSR count). The van der Waals surface area contributed by atoms with Gasteiger partial charge in [-0.25, -0.2) is 0 Å². The van der Waals surface area contributed by atoms with E-state index in [2.05, 4.69) is 4.90 Å². The van der Waals surface area contributed by atoms with Crippen LogP contribution in [0.25, 0.3) is 0 Å². The summed E-state index contributed by atoms with van der Waals surface area (Å²) < 4.78 is 79.0. The first kappa shape index (κ1) is 26.2. The molecule has 3 aromatic carbocycles. The van der Waals surface area contributed by atoms with Crippen molar-refractivity contribution in [3.8, 4) is 0 Å². The number of alkyl halides is 6. The van der Waals surface area contributed by atoms with Crippen molar-refractivity contribution in [3.05, 3.63) is 107 Å². The predicted octanol–water partition coefficient (Wildman–Crippen LogP) is 7.12. The SMILES string of the molecule is C[C@@H]1CN(Cc2ccccc2)CC[C@H]1C(O)(c1ccc(C(F)(F)F)cc1)c1ccc(C(F)(F)F)cc1. The van der Waals surface area contributed by atoms with Crippen molar-refractivity contribution in [2.75, 3.05) is 13.1 Å². The molecule has 0 spiro atoms. The average molecular weight is 508 g/mol. The Hall–Kier alpha value is -2.84. The average Bonchev–Trinajstić information content (AvgIpc) is 2.83. The molecule has 8 heteroatoms. The Bertz CT molecular complexity index is 1080. The normalized spacial score (nSPS) is 19.9. The highest BCUT2D eigenvalue weighted by Crippen LogP contribution is 2.45. The minimum absolute atomic E-state index is 0.0861. The first-order chi connectivity index (χ1) is 16.9. The van der Waals surface area contributed by atoms with E-state index in [1.807, 2.05) is 37.3 Å². The predicted molar refractivity (Wildman–Crippen MR) is 125 cm³/mol. The molecule has 36 heavy (non-hydrogen) atoms. The summed E-state index contributed by atoms with van der Waals surface area (Å²) in [6, 6.07) is 18.4. The monoisotopic (exact) mass is 507 g/mol. The van der Waals surface area contributed by atoms with Gasteiger partial charge in [0, 0.05) is 19.0 Å². The molecular formula is C28H27F6NO. The maximum atomic E-state index is 13.2. The van der Waals surface area contributed by atoms with Gasteiger partial charge in [0.1, 0.15) is 5.60 Å². The van der Waals surface area contributed by atoms with Crippen LogP contribution in [-0.2, 0) is 24.5 Å². The Morgan fingerprint density at radius 2 is 1.17 bits per heavy atom. The Labute approximate surface area is 206 Å². The molecule has 1 saturated heterocycles. The molecule has 0 bridgehead atoms. The number of aliphatic hydroxyl groups is 1. The van der Waals surface area contributed by atoms with Crippen LogP contribution in [0.15, 0.2) is 78.9 Å². The molecule has 1 aliphatic heterocycles. The van der Waals surface area contributed by atoms with Gasteiger partial charge >= 0.3 is 12.4 Å². The number of nitrogens with zero attached hydrogens (tertiary/aromatic N) is 1. The topological polar surface area (TPSA) is 23.5 Å². The van der Waals surface area contributed by atoms with Crippen LogP contribution < -0.4 is 0 Å². The summed E-state index contributed by atoms with van der Waals surface area (Å²) in [5, 5.41) is 12.1. The molecule has 0 saturated carbocycles. The molecule has 2 atom stereocenters. The van der Waals surface area contributed by atoms with Crippen LogP contribution in [0.3, 0.4) is 0 Å². The zero-order valence-corrected chi connectivity index (χ0v) is 19.7. The van der Waals surface area contributed by atoms with Gasteiger partial charge in [0.2, 0.25) is 0 Å². The molecule has 192 valence electrons.